The standard InChI is InChI=1S/C31H24N2/c1-31(2)28-24-18-10-12-20-26(24)32(21-13-5-3-6-14-21)29(28)27-23-17-9-11-19-25(23)33(30(27)31)22-15-7-4-8-16-22/h3-20H,1-2H3. The van der Waals surface area contributed by atoms with E-state index in [2.05, 4.69) is 132 Å². The van der Waals surface area contributed by atoms with Crippen LogP contribution >= 0.6 is 0 Å². The number of para-hydroxylation sites is 4. The molecule has 0 N–H and O–H groups in total. The van der Waals surface area contributed by atoms with Crippen LogP contribution in [-0.2, 0) is 5.41 Å². The van der Waals surface area contributed by atoms with Gasteiger partial charge in [0, 0.05) is 38.8 Å². The summed E-state index contributed by atoms with van der Waals surface area (Å²) >= 11 is 0. The molecule has 0 amide bonds. The molecule has 1 aliphatic rings. The second kappa shape index (κ2) is 6.49. The average Bonchev–Trinajstić information content (AvgIpc) is 3.46. The molecule has 2 aromatic heterocycles. The van der Waals surface area contributed by atoms with Crippen LogP contribution in [0.5, 0.6) is 0 Å². The smallest absolute Gasteiger partial charge is 0.0607 e. The molecule has 0 radical (unpaired) electrons. The third kappa shape index (κ3) is 2.33. The molecule has 2 heteroatoms. The zero-order chi connectivity index (χ0) is 22.2. The zero-order valence-electron chi connectivity index (χ0n) is 18.8. The number of fused-ring (bicyclic) bond motifs is 7. The van der Waals surface area contributed by atoms with Gasteiger partial charge in [-0.1, -0.05) is 86.6 Å². The van der Waals surface area contributed by atoms with Gasteiger partial charge >= 0.3 is 0 Å². The van der Waals surface area contributed by atoms with E-state index in [1.807, 2.05) is 0 Å². The molecule has 0 saturated heterocycles. The molecule has 7 rings (SSSR count). The number of benzene rings is 4. The number of nitrogens with zero attached hydrogens (tertiary/aromatic N) is 2. The third-order valence-electron chi connectivity index (χ3n) is 7.23. The Morgan fingerprint density at radius 2 is 1.00 bits per heavy atom. The zero-order valence-corrected chi connectivity index (χ0v) is 18.8. The minimum atomic E-state index is -0.154. The molecule has 33 heavy (non-hydrogen) atoms. The Morgan fingerprint density at radius 1 is 0.515 bits per heavy atom. The lowest BCUT2D eigenvalue weighted by Crippen LogP contribution is -2.19. The van der Waals surface area contributed by atoms with E-state index < -0.39 is 0 Å². The van der Waals surface area contributed by atoms with E-state index in [0.717, 1.165) is 0 Å². The van der Waals surface area contributed by atoms with Gasteiger partial charge in [0.1, 0.15) is 0 Å². The van der Waals surface area contributed by atoms with Gasteiger partial charge in [0.2, 0.25) is 0 Å². The lowest BCUT2D eigenvalue weighted by molar-refractivity contribution is 0.629. The van der Waals surface area contributed by atoms with Crippen molar-refractivity contribution in [2.24, 2.45) is 0 Å². The highest BCUT2D eigenvalue weighted by atomic mass is 15.1. The van der Waals surface area contributed by atoms with Crippen LogP contribution in [0.15, 0.2) is 109 Å². The Morgan fingerprint density at radius 3 is 1.64 bits per heavy atom. The maximum Gasteiger partial charge on any atom is 0.0607 e. The molecular weight excluding hydrogens is 400 g/mol. The molecular formula is C31H24N2. The largest absolute Gasteiger partial charge is 0.312 e. The van der Waals surface area contributed by atoms with Gasteiger partial charge in [-0.15, -0.1) is 0 Å². The van der Waals surface area contributed by atoms with E-state index in [1.54, 1.807) is 0 Å². The molecule has 1 aliphatic carbocycles. The van der Waals surface area contributed by atoms with Crippen molar-refractivity contribution in [1.82, 2.24) is 9.13 Å². The first-order chi connectivity index (χ1) is 16.2. The molecule has 0 unspecified atom stereocenters. The van der Waals surface area contributed by atoms with Gasteiger partial charge < -0.3 is 9.13 Å². The van der Waals surface area contributed by atoms with Gasteiger partial charge in [-0.25, -0.2) is 0 Å². The Bertz CT molecular complexity index is 1660. The molecule has 4 aromatic carbocycles. The van der Waals surface area contributed by atoms with Gasteiger partial charge in [-0.2, -0.15) is 0 Å². The molecule has 2 heterocycles. The van der Waals surface area contributed by atoms with E-state index in [-0.39, 0.29) is 5.41 Å². The van der Waals surface area contributed by atoms with E-state index in [1.165, 1.54) is 55.7 Å². The predicted molar refractivity (Wildman–Crippen MR) is 138 cm³/mol. The van der Waals surface area contributed by atoms with Gasteiger partial charge in [0.15, 0.2) is 0 Å². The van der Waals surface area contributed by atoms with Crippen LogP contribution in [0.2, 0.25) is 0 Å². The minimum absolute atomic E-state index is 0.154. The van der Waals surface area contributed by atoms with Crippen LogP contribution in [0.1, 0.15) is 25.1 Å². The Kier molecular flexibility index (Phi) is 3.64. The van der Waals surface area contributed by atoms with Crippen LogP contribution in [0.3, 0.4) is 0 Å². The van der Waals surface area contributed by atoms with Crippen molar-refractivity contribution in [3.8, 4) is 22.6 Å². The number of hydrogen-bond acceptors (Lipinski definition) is 0. The fraction of sp³-hybridized carbons (Fsp3) is 0.0968. The molecule has 0 fully saturated rings. The minimum Gasteiger partial charge on any atom is -0.312 e. The maximum absolute atomic E-state index is 2.48. The molecule has 0 saturated carbocycles. The van der Waals surface area contributed by atoms with E-state index in [4.69, 9.17) is 0 Å². The summed E-state index contributed by atoms with van der Waals surface area (Å²) in [6.07, 6.45) is 0. The highest BCUT2D eigenvalue weighted by Crippen LogP contribution is 2.57. The fourth-order valence-corrected chi connectivity index (χ4v) is 5.99. The fourth-order valence-electron chi connectivity index (χ4n) is 5.99. The van der Waals surface area contributed by atoms with Gasteiger partial charge in [0.25, 0.3) is 0 Å². The Labute approximate surface area is 193 Å². The second-order valence-electron chi connectivity index (χ2n) is 9.45. The molecule has 6 aromatic rings. The first-order valence-corrected chi connectivity index (χ1v) is 11.6. The highest BCUT2D eigenvalue weighted by Gasteiger charge is 2.45. The van der Waals surface area contributed by atoms with Crippen LogP contribution in [-0.4, -0.2) is 9.13 Å². The van der Waals surface area contributed by atoms with Crippen molar-refractivity contribution in [1.29, 1.82) is 0 Å². The summed E-state index contributed by atoms with van der Waals surface area (Å²) in [4.78, 5) is 0. The van der Waals surface area contributed by atoms with Gasteiger partial charge in [-0.3, -0.25) is 0 Å². The number of rotatable bonds is 2. The molecule has 0 spiro atoms. The average molecular weight is 425 g/mol. The summed E-state index contributed by atoms with van der Waals surface area (Å²) in [7, 11) is 0. The Hall–Kier alpha value is -4.04. The number of hydrogen-bond donors (Lipinski definition) is 0. The summed E-state index contributed by atoms with van der Waals surface area (Å²) in [5.74, 6) is 0. The van der Waals surface area contributed by atoms with E-state index in [9.17, 15) is 0 Å². The molecule has 0 aliphatic heterocycles. The van der Waals surface area contributed by atoms with Crippen molar-refractivity contribution in [2.75, 3.05) is 0 Å². The van der Waals surface area contributed by atoms with Crippen molar-refractivity contribution in [3.05, 3.63) is 120 Å². The van der Waals surface area contributed by atoms with Crippen LogP contribution in [0.4, 0.5) is 0 Å². The summed E-state index contributed by atoms with van der Waals surface area (Å²) in [6.45, 7) is 4.77. The van der Waals surface area contributed by atoms with E-state index >= 15 is 0 Å². The lowest BCUT2D eigenvalue weighted by Gasteiger charge is -2.24. The predicted octanol–water partition coefficient (Wildman–Crippen LogP) is 7.88. The van der Waals surface area contributed by atoms with Crippen molar-refractivity contribution in [3.63, 3.8) is 0 Å². The molecule has 2 nitrogen and oxygen atoms in total. The molecule has 0 bridgehead atoms. The second-order valence-corrected chi connectivity index (χ2v) is 9.45. The van der Waals surface area contributed by atoms with Gasteiger partial charge in [0.05, 0.1) is 16.7 Å². The first kappa shape index (κ1) is 18.5. The number of aromatic nitrogens is 2. The Balaban J connectivity index is 1.72. The van der Waals surface area contributed by atoms with Crippen molar-refractivity contribution in [2.45, 2.75) is 19.3 Å². The van der Waals surface area contributed by atoms with Crippen LogP contribution < -0.4 is 0 Å². The summed E-state index contributed by atoms with van der Waals surface area (Å²) in [5.41, 5.74) is 10.3. The summed E-state index contributed by atoms with van der Waals surface area (Å²) < 4.78 is 4.95. The van der Waals surface area contributed by atoms with Crippen LogP contribution in [0, 0.1) is 0 Å². The topological polar surface area (TPSA) is 9.86 Å². The van der Waals surface area contributed by atoms with Crippen molar-refractivity contribution >= 4 is 21.8 Å². The highest BCUT2D eigenvalue weighted by molar-refractivity contribution is 6.08. The summed E-state index contributed by atoms with van der Waals surface area (Å²) in [6, 6.07) is 39.3. The van der Waals surface area contributed by atoms with Crippen LogP contribution in [0.25, 0.3) is 44.4 Å². The first-order valence-electron chi connectivity index (χ1n) is 11.6. The quantitative estimate of drug-likeness (QED) is 0.267. The summed E-state index contributed by atoms with van der Waals surface area (Å²) in [5, 5.41) is 2.64. The third-order valence-corrected chi connectivity index (χ3v) is 7.23. The van der Waals surface area contributed by atoms with Gasteiger partial charge in [-0.05, 0) is 42.0 Å². The normalized spacial score (nSPS) is 14.0. The monoisotopic (exact) mass is 424 g/mol. The maximum atomic E-state index is 2.48. The molecule has 0 atom stereocenters. The van der Waals surface area contributed by atoms with Crippen molar-refractivity contribution < 1.29 is 0 Å². The lowest BCUT2D eigenvalue weighted by atomic mass is 9.84. The SMILES string of the molecule is CC1(C)c2c(n(-c3ccccc3)c3ccccc23)-c2c1n(-c1ccccc1)c1ccccc21. The van der Waals surface area contributed by atoms with E-state index in [0.29, 0.717) is 0 Å². The molecule has 158 valence electrons.